The van der Waals surface area contributed by atoms with Gasteiger partial charge in [0.2, 0.25) is 0 Å². The number of nitrogens with zero attached hydrogens (tertiary/aromatic N) is 5. The smallest absolute Gasteiger partial charge is 0.251 e. The Morgan fingerprint density at radius 3 is 2.69 bits per heavy atom. The Kier molecular flexibility index (Phi) is 6.11. The third kappa shape index (κ3) is 4.80. The number of aromatic nitrogens is 4. The summed E-state index contributed by atoms with van der Waals surface area (Å²) in [6.45, 7) is 4.19. The second-order valence-corrected chi connectivity index (χ2v) is 8.41. The molecule has 4 heterocycles. The largest absolute Gasteiger partial charge is 0.490 e. The Balaban J connectivity index is 1.08. The van der Waals surface area contributed by atoms with Crippen LogP contribution in [0.2, 0.25) is 0 Å². The lowest BCUT2D eigenvalue weighted by Crippen LogP contribution is -2.37. The van der Waals surface area contributed by atoms with Crippen LogP contribution in [-0.4, -0.2) is 49.7 Å². The van der Waals surface area contributed by atoms with E-state index in [1.54, 1.807) is 0 Å². The molecule has 0 saturated carbocycles. The van der Waals surface area contributed by atoms with Crippen LogP contribution in [0.1, 0.15) is 47.0 Å². The van der Waals surface area contributed by atoms with E-state index in [0.29, 0.717) is 12.1 Å². The van der Waals surface area contributed by atoms with E-state index in [1.807, 2.05) is 42.6 Å². The molecule has 0 atom stereocenters. The molecule has 0 bridgehead atoms. The van der Waals surface area contributed by atoms with E-state index in [9.17, 15) is 4.79 Å². The Morgan fingerprint density at radius 1 is 1.06 bits per heavy atom. The van der Waals surface area contributed by atoms with Crippen molar-refractivity contribution in [1.29, 1.82) is 0 Å². The first-order valence-corrected chi connectivity index (χ1v) is 11.3. The third-order valence-electron chi connectivity index (χ3n) is 6.16. The number of aryl methyl sites for hydroxylation is 1. The van der Waals surface area contributed by atoms with E-state index in [1.165, 1.54) is 0 Å². The molecule has 1 aromatic carbocycles. The maximum absolute atomic E-state index is 12.5. The zero-order chi connectivity index (χ0) is 21.8. The molecule has 5 rings (SSSR count). The van der Waals surface area contributed by atoms with Crippen LogP contribution in [0.4, 0.5) is 0 Å². The lowest BCUT2D eigenvalue weighted by Gasteiger charge is -2.31. The van der Waals surface area contributed by atoms with E-state index in [4.69, 9.17) is 4.74 Å². The summed E-state index contributed by atoms with van der Waals surface area (Å²) in [6, 6.07) is 13.4. The van der Waals surface area contributed by atoms with Crippen LogP contribution >= 0.6 is 0 Å². The van der Waals surface area contributed by atoms with E-state index < -0.39 is 0 Å². The first-order chi connectivity index (χ1) is 15.7. The van der Waals surface area contributed by atoms with Gasteiger partial charge in [-0.05, 0) is 55.7 Å². The van der Waals surface area contributed by atoms with E-state index in [2.05, 4.69) is 36.0 Å². The highest BCUT2D eigenvalue weighted by atomic mass is 16.5. The number of pyridine rings is 1. The molecule has 8 nitrogen and oxygen atoms in total. The maximum atomic E-state index is 12.5. The van der Waals surface area contributed by atoms with Gasteiger partial charge in [0.1, 0.15) is 17.7 Å². The molecule has 0 spiro atoms. The number of hydrogen-bond donors (Lipinski definition) is 1. The molecular weight excluding hydrogens is 404 g/mol. The van der Waals surface area contributed by atoms with Crippen LogP contribution in [0.5, 0.6) is 5.75 Å². The molecule has 1 amide bonds. The summed E-state index contributed by atoms with van der Waals surface area (Å²) in [4.78, 5) is 19.3. The number of ether oxygens (including phenoxy) is 1. The van der Waals surface area contributed by atoms with Crippen molar-refractivity contribution in [3.63, 3.8) is 0 Å². The first-order valence-electron chi connectivity index (χ1n) is 11.3. The van der Waals surface area contributed by atoms with Gasteiger partial charge in [-0.1, -0.05) is 6.07 Å². The van der Waals surface area contributed by atoms with Crippen molar-refractivity contribution in [2.45, 2.75) is 51.4 Å². The number of nitrogens with one attached hydrogen (secondary N) is 1. The minimum atomic E-state index is -0.116. The van der Waals surface area contributed by atoms with Gasteiger partial charge in [0.05, 0.1) is 12.2 Å². The highest BCUT2D eigenvalue weighted by Crippen LogP contribution is 2.21. The van der Waals surface area contributed by atoms with Crippen LogP contribution in [0, 0.1) is 0 Å². The summed E-state index contributed by atoms with van der Waals surface area (Å²) < 4.78 is 8.26. The number of carbonyl (C=O) groups is 1. The molecule has 3 aromatic rings. The minimum Gasteiger partial charge on any atom is -0.490 e. The predicted molar refractivity (Wildman–Crippen MR) is 119 cm³/mol. The van der Waals surface area contributed by atoms with Crippen molar-refractivity contribution in [2.75, 3.05) is 13.1 Å². The van der Waals surface area contributed by atoms with Crippen LogP contribution in [0.25, 0.3) is 0 Å². The van der Waals surface area contributed by atoms with Crippen LogP contribution in [0.15, 0.2) is 48.7 Å². The van der Waals surface area contributed by atoms with Gasteiger partial charge < -0.3 is 14.6 Å². The Labute approximate surface area is 187 Å². The quantitative estimate of drug-likeness (QED) is 0.618. The van der Waals surface area contributed by atoms with Crippen molar-refractivity contribution in [3.05, 3.63) is 71.6 Å². The molecule has 0 radical (unpaired) electrons. The monoisotopic (exact) mass is 432 g/mol. The third-order valence-corrected chi connectivity index (χ3v) is 6.16. The zero-order valence-corrected chi connectivity index (χ0v) is 18.1. The second kappa shape index (κ2) is 9.48. The minimum absolute atomic E-state index is 0.116. The van der Waals surface area contributed by atoms with Gasteiger partial charge in [-0.3, -0.25) is 14.7 Å². The number of piperidine rings is 1. The van der Waals surface area contributed by atoms with Gasteiger partial charge in [0, 0.05) is 44.4 Å². The fourth-order valence-electron chi connectivity index (χ4n) is 4.39. The molecule has 2 aromatic heterocycles. The van der Waals surface area contributed by atoms with Crippen molar-refractivity contribution in [2.24, 2.45) is 0 Å². The lowest BCUT2D eigenvalue weighted by molar-refractivity contribution is 0.0946. The molecule has 2 aliphatic rings. The summed E-state index contributed by atoms with van der Waals surface area (Å²) in [5.74, 6) is 2.52. The molecular formula is C24H28N6O2. The molecule has 32 heavy (non-hydrogen) atoms. The van der Waals surface area contributed by atoms with Gasteiger partial charge in [0.15, 0.2) is 5.82 Å². The van der Waals surface area contributed by atoms with Crippen LogP contribution in [0.3, 0.4) is 0 Å². The first kappa shape index (κ1) is 20.6. The molecule has 0 aliphatic carbocycles. The predicted octanol–water partition coefficient (Wildman–Crippen LogP) is 2.59. The number of benzene rings is 1. The summed E-state index contributed by atoms with van der Waals surface area (Å²) in [5, 5.41) is 11.3. The zero-order valence-electron chi connectivity index (χ0n) is 18.1. The van der Waals surface area contributed by atoms with E-state index >= 15 is 0 Å². The van der Waals surface area contributed by atoms with Gasteiger partial charge in [-0.25, -0.2) is 0 Å². The number of carbonyl (C=O) groups excluding carboxylic acids is 1. The summed E-state index contributed by atoms with van der Waals surface area (Å²) in [7, 11) is 0. The number of fused-ring (bicyclic) bond motifs is 1. The van der Waals surface area contributed by atoms with Gasteiger partial charge in [0.25, 0.3) is 5.91 Å². The Bertz CT molecular complexity index is 1040. The number of hydrogen-bond acceptors (Lipinski definition) is 6. The van der Waals surface area contributed by atoms with Crippen molar-refractivity contribution in [3.8, 4) is 5.75 Å². The van der Waals surface area contributed by atoms with Crippen molar-refractivity contribution < 1.29 is 9.53 Å². The molecule has 1 N–H and O–H groups in total. The van der Waals surface area contributed by atoms with Gasteiger partial charge in [-0.2, -0.15) is 0 Å². The van der Waals surface area contributed by atoms with Crippen molar-refractivity contribution in [1.82, 2.24) is 30.0 Å². The molecule has 0 unspecified atom stereocenters. The SMILES string of the molecule is O=C(NCc1nnc2n1CCC2)c1ccc(OC2CCN(Cc3ccccn3)CC2)cc1. The van der Waals surface area contributed by atoms with Gasteiger partial charge >= 0.3 is 0 Å². The molecule has 1 fully saturated rings. The number of rotatable bonds is 7. The fraction of sp³-hybridized carbons (Fsp3) is 0.417. The van der Waals surface area contributed by atoms with Crippen molar-refractivity contribution >= 4 is 5.91 Å². The highest BCUT2D eigenvalue weighted by Gasteiger charge is 2.21. The lowest BCUT2D eigenvalue weighted by atomic mass is 10.1. The summed E-state index contributed by atoms with van der Waals surface area (Å²) >= 11 is 0. The normalized spacial score (nSPS) is 16.6. The Hall–Kier alpha value is -3.26. The fourth-order valence-corrected chi connectivity index (χ4v) is 4.39. The average Bonchev–Trinajstić information content (AvgIpc) is 3.45. The highest BCUT2D eigenvalue weighted by molar-refractivity contribution is 5.94. The summed E-state index contributed by atoms with van der Waals surface area (Å²) in [6.07, 6.45) is 6.07. The van der Waals surface area contributed by atoms with E-state index in [-0.39, 0.29) is 12.0 Å². The molecule has 2 aliphatic heterocycles. The summed E-state index contributed by atoms with van der Waals surface area (Å²) in [5.41, 5.74) is 1.72. The van der Waals surface area contributed by atoms with Crippen LogP contribution in [-0.2, 0) is 26.1 Å². The molecule has 166 valence electrons. The number of amides is 1. The van der Waals surface area contributed by atoms with Gasteiger partial charge in [-0.15, -0.1) is 10.2 Å². The Morgan fingerprint density at radius 2 is 1.91 bits per heavy atom. The topological polar surface area (TPSA) is 85.2 Å². The standard InChI is InChI=1S/C24H28N6O2/c31-24(26-16-23-28-27-22-5-3-13-30(22)23)18-6-8-20(9-7-18)32-21-10-14-29(15-11-21)17-19-4-1-2-12-25-19/h1-2,4,6-9,12,21H,3,5,10-11,13-17H2,(H,26,31). The number of likely N-dealkylation sites (tertiary alicyclic amines) is 1. The molecule has 1 saturated heterocycles. The van der Waals surface area contributed by atoms with E-state index in [0.717, 1.165) is 75.0 Å². The average molecular weight is 433 g/mol. The maximum Gasteiger partial charge on any atom is 0.251 e. The second-order valence-electron chi connectivity index (χ2n) is 8.41. The molecule has 8 heteroatoms. The van der Waals surface area contributed by atoms with Crippen LogP contribution < -0.4 is 10.1 Å².